The maximum Gasteiger partial charge on any atom is 0.450 e. The topological polar surface area (TPSA) is 135 Å². The standard InChI is InChI=1S/C27H30NO10PS/c1-4-36-26(29)18-28(27(30)40(32,33)19-21-8-6-5-7-9-21)20-39(31,37-24-14-10-22(34-2)11-15-24)38-25-16-12-23(35-3)13-17-25/h5-17H,4,18-20H2,1-3H3. The highest BCUT2D eigenvalue weighted by Gasteiger charge is 2.39. The fourth-order valence-corrected chi connectivity index (χ4v) is 6.52. The molecule has 0 unspecified atom stereocenters. The second-order valence-electron chi connectivity index (χ2n) is 8.30. The third-order valence-electron chi connectivity index (χ3n) is 5.30. The minimum absolute atomic E-state index is 0.0139. The van der Waals surface area contributed by atoms with Crippen LogP contribution in [0.15, 0.2) is 78.9 Å². The van der Waals surface area contributed by atoms with E-state index in [1.807, 2.05) is 0 Å². The number of esters is 1. The molecule has 0 aliphatic carbocycles. The number of rotatable bonds is 13. The second-order valence-corrected chi connectivity index (χ2v) is 12.0. The van der Waals surface area contributed by atoms with Crippen LogP contribution in [0.5, 0.6) is 23.0 Å². The molecule has 0 N–H and O–H groups in total. The number of benzene rings is 3. The number of amides is 1. The van der Waals surface area contributed by atoms with Gasteiger partial charge in [0.1, 0.15) is 35.8 Å². The van der Waals surface area contributed by atoms with E-state index in [0.29, 0.717) is 22.0 Å². The van der Waals surface area contributed by atoms with Gasteiger partial charge in [0.05, 0.1) is 26.6 Å². The summed E-state index contributed by atoms with van der Waals surface area (Å²) in [5, 5.41) is -1.43. The molecule has 0 aromatic heterocycles. The lowest BCUT2D eigenvalue weighted by molar-refractivity contribution is -0.143. The average molecular weight is 592 g/mol. The third kappa shape index (κ3) is 8.75. The smallest absolute Gasteiger partial charge is 0.450 e. The minimum Gasteiger partial charge on any atom is -0.497 e. The van der Waals surface area contributed by atoms with Gasteiger partial charge in [0, 0.05) is 0 Å². The highest BCUT2D eigenvalue weighted by molar-refractivity contribution is 8.05. The summed E-state index contributed by atoms with van der Waals surface area (Å²) in [6.07, 6.45) is -0.878. The number of hydrogen-bond acceptors (Lipinski definition) is 10. The SMILES string of the molecule is CCOC(=O)CN(CP(=O)(Oc1ccc(OC)cc1)Oc1ccc(OC)cc1)C(=O)S(=O)(=O)Cc1ccccc1. The lowest BCUT2D eigenvalue weighted by Crippen LogP contribution is -2.41. The Morgan fingerprint density at radius 2 is 1.25 bits per heavy atom. The molecule has 0 saturated carbocycles. The number of nitrogens with zero attached hydrogens (tertiary/aromatic N) is 1. The van der Waals surface area contributed by atoms with E-state index in [0.717, 1.165) is 0 Å². The monoisotopic (exact) mass is 591 g/mol. The number of methoxy groups -OCH3 is 2. The van der Waals surface area contributed by atoms with Gasteiger partial charge in [-0.05, 0) is 61.0 Å². The van der Waals surface area contributed by atoms with E-state index in [-0.39, 0.29) is 18.1 Å². The zero-order chi connectivity index (χ0) is 29.2. The summed E-state index contributed by atoms with van der Waals surface area (Å²) < 4.78 is 66.9. The molecule has 0 spiro atoms. The predicted molar refractivity (Wildman–Crippen MR) is 148 cm³/mol. The van der Waals surface area contributed by atoms with Crippen LogP contribution < -0.4 is 18.5 Å². The van der Waals surface area contributed by atoms with Crippen LogP contribution in [-0.4, -0.2) is 58.2 Å². The van der Waals surface area contributed by atoms with E-state index < -0.39 is 47.2 Å². The lowest BCUT2D eigenvalue weighted by atomic mass is 10.2. The highest BCUT2D eigenvalue weighted by atomic mass is 32.2. The predicted octanol–water partition coefficient (Wildman–Crippen LogP) is 4.91. The minimum atomic E-state index is -4.50. The molecule has 40 heavy (non-hydrogen) atoms. The van der Waals surface area contributed by atoms with E-state index in [1.165, 1.54) is 38.5 Å². The molecule has 0 saturated heterocycles. The molecule has 0 heterocycles. The highest BCUT2D eigenvalue weighted by Crippen LogP contribution is 2.49. The van der Waals surface area contributed by atoms with Crippen molar-refractivity contribution in [2.24, 2.45) is 0 Å². The van der Waals surface area contributed by atoms with E-state index in [1.54, 1.807) is 61.5 Å². The Labute approximate surface area is 233 Å². The van der Waals surface area contributed by atoms with Gasteiger partial charge < -0.3 is 28.2 Å². The average Bonchev–Trinajstić information content (AvgIpc) is 2.93. The van der Waals surface area contributed by atoms with Crippen LogP contribution in [0.2, 0.25) is 0 Å². The Bertz CT molecular complexity index is 1370. The van der Waals surface area contributed by atoms with Crippen molar-refractivity contribution in [2.45, 2.75) is 12.7 Å². The van der Waals surface area contributed by atoms with Crippen LogP contribution in [0.4, 0.5) is 4.79 Å². The van der Waals surface area contributed by atoms with Gasteiger partial charge in [-0.15, -0.1) is 0 Å². The molecule has 0 aliphatic rings. The molecule has 3 aromatic carbocycles. The number of ether oxygens (including phenoxy) is 3. The van der Waals surface area contributed by atoms with Crippen LogP contribution >= 0.6 is 7.60 Å². The van der Waals surface area contributed by atoms with Gasteiger partial charge in [0.15, 0.2) is 0 Å². The van der Waals surface area contributed by atoms with Crippen LogP contribution in [0.25, 0.3) is 0 Å². The van der Waals surface area contributed by atoms with Crippen LogP contribution in [0, 0.1) is 0 Å². The molecule has 0 fully saturated rings. The molecule has 0 atom stereocenters. The van der Waals surface area contributed by atoms with Crippen molar-refractivity contribution in [1.82, 2.24) is 4.90 Å². The summed E-state index contributed by atoms with van der Waals surface area (Å²) in [5.41, 5.74) is 0.360. The number of sulfone groups is 1. The molecular weight excluding hydrogens is 561 g/mol. The molecule has 0 bridgehead atoms. The summed E-state index contributed by atoms with van der Waals surface area (Å²) >= 11 is 0. The van der Waals surface area contributed by atoms with E-state index >= 15 is 0 Å². The van der Waals surface area contributed by atoms with Crippen molar-refractivity contribution in [1.29, 1.82) is 0 Å². The van der Waals surface area contributed by atoms with E-state index in [2.05, 4.69) is 0 Å². The molecule has 1 amide bonds. The van der Waals surface area contributed by atoms with E-state index in [9.17, 15) is 22.6 Å². The van der Waals surface area contributed by atoms with Gasteiger partial charge in [-0.1, -0.05) is 30.3 Å². The maximum atomic E-state index is 14.2. The van der Waals surface area contributed by atoms with Crippen molar-refractivity contribution >= 4 is 28.6 Å². The zero-order valence-corrected chi connectivity index (χ0v) is 23.9. The summed E-state index contributed by atoms with van der Waals surface area (Å²) in [6, 6.07) is 20.1. The van der Waals surface area contributed by atoms with Crippen LogP contribution in [0.3, 0.4) is 0 Å². The molecule has 11 nitrogen and oxygen atoms in total. The van der Waals surface area contributed by atoms with Gasteiger partial charge >= 0.3 is 18.8 Å². The molecular formula is C27H30NO10PS. The number of hydrogen-bond donors (Lipinski definition) is 0. The molecule has 3 aromatic rings. The first-order chi connectivity index (χ1) is 19.1. The van der Waals surface area contributed by atoms with Crippen LogP contribution in [-0.2, 0) is 29.7 Å². The normalized spacial score (nSPS) is 11.3. The molecule has 0 radical (unpaired) electrons. The van der Waals surface area contributed by atoms with Crippen molar-refractivity contribution in [2.75, 3.05) is 33.7 Å². The van der Waals surface area contributed by atoms with Gasteiger partial charge in [-0.25, -0.2) is 13.0 Å². The Hall–Kier alpha value is -4.02. The Morgan fingerprint density at radius 1 is 0.775 bits per heavy atom. The van der Waals surface area contributed by atoms with Gasteiger partial charge in [0.2, 0.25) is 9.84 Å². The van der Waals surface area contributed by atoms with Crippen molar-refractivity contribution in [3.8, 4) is 23.0 Å². The molecule has 13 heteroatoms. The summed E-state index contributed by atoms with van der Waals surface area (Å²) in [5.74, 6) is -0.337. The van der Waals surface area contributed by atoms with Crippen LogP contribution in [0.1, 0.15) is 12.5 Å². The molecule has 3 rings (SSSR count). The van der Waals surface area contributed by atoms with E-state index in [4.69, 9.17) is 23.3 Å². The summed E-state index contributed by atoms with van der Waals surface area (Å²) in [4.78, 5) is 26.3. The third-order valence-corrected chi connectivity index (χ3v) is 8.47. The Morgan fingerprint density at radius 3 is 1.70 bits per heavy atom. The molecule has 0 aliphatic heterocycles. The number of carbonyl (C=O) groups excluding carboxylic acids is 2. The number of carbonyl (C=O) groups is 2. The largest absolute Gasteiger partial charge is 0.497 e. The van der Waals surface area contributed by atoms with Gasteiger partial charge in [-0.3, -0.25) is 9.59 Å². The Kier molecular flexibility index (Phi) is 10.6. The first kappa shape index (κ1) is 30.5. The van der Waals surface area contributed by atoms with Gasteiger partial charge in [-0.2, -0.15) is 0 Å². The maximum absolute atomic E-state index is 14.2. The van der Waals surface area contributed by atoms with Crippen molar-refractivity contribution < 1.29 is 45.8 Å². The fraction of sp³-hybridized carbons (Fsp3) is 0.259. The lowest BCUT2D eigenvalue weighted by Gasteiger charge is -2.27. The van der Waals surface area contributed by atoms with Crippen molar-refractivity contribution in [3.05, 3.63) is 84.4 Å². The fourth-order valence-electron chi connectivity index (χ4n) is 3.47. The second kappa shape index (κ2) is 13.9. The zero-order valence-electron chi connectivity index (χ0n) is 22.2. The Balaban J connectivity index is 1.97. The first-order valence-electron chi connectivity index (χ1n) is 12.0. The van der Waals surface area contributed by atoms with Crippen molar-refractivity contribution in [3.63, 3.8) is 0 Å². The van der Waals surface area contributed by atoms with Gasteiger partial charge in [0.25, 0.3) is 0 Å². The first-order valence-corrected chi connectivity index (χ1v) is 15.4. The summed E-state index contributed by atoms with van der Waals surface area (Å²) in [6.45, 7) is 0.739. The quantitative estimate of drug-likeness (QED) is 0.199. The summed E-state index contributed by atoms with van der Waals surface area (Å²) in [7, 11) is -5.94. The molecule has 214 valence electrons.